The third kappa shape index (κ3) is 5.77. The van der Waals surface area contributed by atoms with Gasteiger partial charge in [-0.25, -0.2) is 4.79 Å². The van der Waals surface area contributed by atoms with E-state index in [-0.39, 0.29) is 18.2 Å². The highest BCUT2D eigenvalue weighted by molar-refractivity contribution is 6.09. The Bertz CT molecular complexity index is 1030. The predicted molar refractivity (Wildman–Crippen MR) is 125 cm³/mol. The van der Waals surface area contributed by atoms with Crippen molar-refractivity contribution in [2.75, 3.05) is 37.6 Å². The quantitative estimate of drug-likeness (QED) is 0.485. The molecule has 1 atom stereocenters. The number of hydrogen-bond donors (Lipinski definition) is 1. The standard InChI is InChI=1S/C24H30N4O4/c1-7-32-24(30)27(5)22-10-8-21(9-11-22)26-23(29)20(14-25)13-19-12-16(2)28(18(19)4)17(3)15-31-6/h8-13,17H,7,15H2,1-6H3,(H,26,29)/b20-13-. The third-order valence-electron chi connectivity index (χ3n) is 5.09. The average molecular weight is 439 g/mol. The first-order chi connectivity index (χ1) is 15.2. The van der Waals surface area contributed by atoms with Crippen LogP contribution in [0.4, 0.5) is 16.2 Å². The van der Waals surface area contributed by atoms with E-state index in [1.807, 2.05) is 26.0 Å². The molecule has 2 rings (SSSR count). The van der Waals surface area contributed by atoms with Crippen LogP contribution in [0.5, 0.6) is 0 Å². The lowest BCUT2D eigenvalue weighted by Gasteiger charge is -2.17. The third-order valence-corrected chi connectivity index (χ3v) is 5.09. The molecule has 1 unspecified atom stereocenters. The zero-order chi connectivity index (χ0) is 23.8. The predicted octanol–water partition coefficient (Wildman–Crippen LogP) is 4.45. The fourth-order valence-corrected chi connectivity index (χ4v) is 3.54. The molecular weight excluding hydrogens is 408 g/mol. The Labute approximate surface area is 189 Å². The number of carbonyl (C=O) groups excluding carboxylic acids is 2. The number of benzene rings is 1. The second kappa shape index (κ2) is 11.2. The molecule has 1 aromatic carbocycles. The van der Waals surface area contributed by atoms with Crippen LogP contribution in [0.25, 0.3) is 6.08 Å². The molecular formula is C24H30N4O4. The number of nitrogens with one attached hydrogen (secondary N) is 1. The van der Waals surface area contributed by atoms with Crippen molar-refractivity contribution in [3.8, 4) is 6.07 Å². The van der Waals surface area contributed by atoms with E-state index < -0.39 is 12.0 Å². The minimum Gasteiger partial charge on any atom is -0.449 e. The number of ether oxygens (including phenoxy) is 2. The number of nitrogens with zero attached hydrogens (tertiary/aromatic N) is 3. The average Bonchev–Trinajstić information content (AvgIpc) is 3.05. The highest BCUT2D eigenvalue weighted by atomic mass is 16.6. The van der Waals surface area contributed by atoms with Crippen molar-refractivity contribution in [2.24, 2.45) is 0 Å². The van der Waals surface area contributed by atoms with Gasteiger partial charge in [0.15, 0.2) is 0 Å². The van der Waals surface area contributed by atoms with Crippen molar-refractivity contribution in [1.29, 1.82) is 5.26 Å². The van der Waals surface area contributed by atoms with Crippen molar-refractivity contribution in [3.63, 3.8) is 0 Å². The number of hydrogen-bond acceptors (Lipinski definition) is 5. The first-order valence-electron chi connectivity index (χ1n) is 10.3. The van der Waals surface area contributed by atoms with Gasteiger partial charge < -0.3 is 19.4 Å². The molecule has 170 valence electrons. The molecule has 0 radical (unpaired) electrons. The molecule has 0 aliphatic carbocycles. The maximum Gasteiger partial charge on any atom is 0.413 e. The van der Waals surface area contributed by atoms with E-state index in [9.17, 15) is 14.9 Å². The van der Waals surface area contributed by atoms with Crippen LogP contribution >= 0.6 is 0 Å². The summed E-state index contributed by atoms with van der Waals surface area (Å²) in [6, 6.07) is 10.8. The Kier molecular flexibility index (Phi) is 8.62. The Morgan fingerprint density at radius 2 is 1.94 bits per heavy atom. The van der Waals surface area contributed by atoms with E-state index in [1.54, 1.807) is 51.4 Å². The molecule has 2 aromatic rings. The first kappa shape index (κ1) is 24.7. The van der Waals surface area contributed by atoms with E-state index in [4.69, 9.17) is 9.47 Å². The molecule has 0 saturated heterocycles. The summed E-state index contributed by atoms with van der Waals surface area (Å²) in [6.45, 7) is 8.58. The highest BCUT2D eigenvalue weighted by Crippen LogP contribution is 2.23. The van der Waals surface area contributed by atoms with Crippen LogP contribution < -0.4 is 10.2 Å². The maximum absolute atomic E-state index is 12.7. The number of methoxy groups -OCH3 is 1. The lowest BCUT2D eigenvalue weighted by molar-refractivity contribution is -0.112. The minimum atomic E-state index is -0.506. The smallest absolute Gasteiger partial charge is 0.413 e. The summed E-state index contributed by atoms with van der Waals surface area (Å²) >= 11 is 0. The highest BCUT2D eigenvalue weighted by Gasteiger charge is 2.16. The second-order valence-electron chi connectivity index (χ2n) is 7.43. The van der Waals surface area contributed by atoms with E-state index >= 15 is 0 Å². The van der Waals surface area contributed by atoms with Gasteiger partial charge in [-0.2, -0.15) is 5.26 Å². The maximum atomic E-state index is 12.7. The Morgan fingerprint density at radius 1 is 1.28 bits per heavy atom. The van der Waals surface area contributed by atoms with Crippen LogP contribution in [0.3, 0.4) is 0 Å². The molecule has 8 nitrogen and oxygen atoms in total. The van der Waals surface area contributed by atoms with Gasteiger partial charge in [0.25, 0.3) is 5.91 Å². The van der Waals surface area contributed by atoms with Crippen molar-refractivity contribution < 1.29 is 19.1 Å². The number of rotatable bonds is 8. The topological polar surface area (TPSA) is 96.6 Å². The summed E-state index contributed by atoms with van der Waals surface area (Å²) in [5.74, 6) is -0.506. The molecule has 0 fully saturated rings. The van der Waals surface area contributed by atoms with Crippen LogP contribution in [0, 0.1) is 25.2 Å². The summed E-state index contributed by atoms with van der Waals surface area (Å²) in [5, 5.41) is 12.3. The second-order valence-corrected chi connectivity index (χ2v) is 7.43. The lowest BCUT2D eigenvalue weighted by Crippen LogP contribution is -2.26. The van der Waals surface area contributed by atoms with Crippen LogP contribution in [0.1, 0.15) is 36.8 Å². The Morgan fingerprint density at radius 3 is 2.50 bits per heavy atom. The number of nitriles is 1. The van der Waals surface area contributed by atoms with Crippen LogP contribution in [0.2, 0.25) is 0 Å². The molecule has 0 aliphatic rings. The summed E-state index contributed by atoms with van der Waals surface area (Å²) < 4.78 is 12.3. The summed E-state index contributed by atoms with van der Waals surface area (Å²) in [7, 11) is 3.26. The van der Waals surface area contributed by atoms with Gasteiger partial charge in [0.05, 0.1) is 19.3 Å². The Balaban J connectivity index is 2.19. The molecule has 32 heavy (non-hydrogen) atoms. The van der Waals surface area contributed by atoms with E-state index in [0.717, 1.165) is 17.0 Å². The van der Waals surface area contributed by atoms with Crippen LogP contribution in [-0.2, 0) is 14.3 Å². The fraction of sp³-hybridized carbons (Fsp3) is 0.375. The van der Waals surface area contributed by atoms with Gasteiger partial charge in [-0.1, -0.05) is 0 Å². The number of aryl methyl sites for hydroxylation is 1. The van der Waals surface area contributed by atoms with Gasteiger partial charge in [0, 0.05) is 36.9 Å². The molecule has 8 heteroatoms. The number of carbonyl (C=O) groups is 2. The van der Waals surface area contributed by atoms with Gasteiger partial charge >= 0.3 is 6.09 Å². The van der Waals surface area contributed by atoms with Gasteiger partial charge in [-0.05, 0) is 69.7 Å². The minimum absolute atomic E-state index is 0.00244. The van der Waals surface area contributed by atoms with E-state index in [1.165, 1.54) is 4.90 Å². The summed E-state index contributed by atoms with van der Waals surface area (Å²) in [6.07, 6.45) is 1.13. The number of amides is 2. The van der Waals surface area contributed by atoms with Crippen molar-refractivity contribution in [1.82, 2.24) is 4.57 Å². The SMILES string of the molecule is CCOC(=O)N(C)c1ccc(NC(=O)/C(C#N)=C\c2cc(C)n(C(C)COC)c2C)cc1. The normalized spacial score (nSPS) is 12.1. The fourth-order valence-electron chi connectivity index (χ4n) is 3.54. The summed E-state index contributed by atoms with van der Waals surface area (Å²) in [5.41, 5.74) is 3.92. The molecule has 0 aliphatic heterocycles. The zero-order valence-electron chi connectivity index (χ0n) is 19.4. The zero-order valence-corrected chi connectivity index (χ0v) is 19.4. The number of aromatic nitrogens is 1. The lowest BCUT2D eigenvalue weighted by atomic mass is 10.1. The van der Waals surface area contributed by atoms with E-state index in [2.05, 4.69) is 16.8 Å². The van der Waals surface area contributed by atoms with Crippen molar-refractivity contribution >= 4 is 29.5 Å². The van der Waals surface area contributed by atoms with Crippen molar-refractivity contribution in [3.05, 3.63) is 52.9 Å². The Hall–Kier alpha value is -3.57. The summed E-state index contributed by atoms with van der Waals surface area (Å²) in [4.78, 5) is 25.9. The van der Waals surface area contributed by atoms with Gasteiger partial charge in [0.1, 0.15) is 11.6 Å². The van der Waals surface area contributed by atoms with Gasteiger partial charge in [0.2, 0.25) is 0 Å². The molecule has 1 aromatic heterocycles. The van der Waals surface area contributed by atoms with E-state index in [0.29, 0.717) is 18.0 Å². The van der Waals surface area contributed by atoms with Crippen molar-refractivity contribution in [2.45, 2.75) is 33.7 Å². The number of anilines is 2. The largest absolute Gasteiger partial charge is 0.449 e. The molecule has 0 spiro atoms. The molecule has 1 N–H and O–H groups in total. The molecule has 0 saturated carbocycles. The van der Waals surface area contributed by atoms with Crippen LogP contribution in [-0.4, -0.2) is 43.9 Å². The van der Waals surface area contributed by atoms with Gasteiger partial charge in [-0.15, -0.1) is 0 Å². The van der Waals surface area contributed by atoms with Gasteiger partial charge in [-0.3, -0.25) is 9.69 Å². The molecule has 0 bridgehead atoms. The first-order valence-corrected chi connectivity index (χ1v) is 10.3. The molecule has 1 heterocycles. The van der Waals surface area contributed by atoms with Crippen LogP contribution in [0.15, 0.2) is 35.9 Å². The monoisotopic (exact) mass is 438 g/mol. The molecule has 2 amide bonds.